The maximum atomic E-state index is 4.37. The van der Waals surface area contributed by atoms with Gasteiger partial charge in [0.25, 0.3) is 5.95 Å². The predicted molar refractivity (Wildman–Crippen MR) is 74.4 cm³/mol. The van der Waals surface area contributed by atoms with Crippen LogP contribution < -0.4 is 10.6 Å². The first-order valence-corrected chi connectivity index (χ1v) is 6.30. The third-order valence-corrected chi connectivity index (χ3v) is 2.91. The second-order valence-electron chi connectivity index (χ2n) is 4.66. The van der Waals surface area contributed by atoms with Gasteiger partial charge in [0.05, 0.1) is 0 Å². The fourth-order valence-corrected chi connectivity index (χ4v) is 1.40. The molecule has 0 aliphatic carbocycles. The van der Waals surface area contributed by atoms with Gasteiger partial charge < -0.3 is 10.6 Å². The molecule has 0 bridgehead atoms. The summed E-state index contributed by atoms with van der Waals surface area (Å²) in [5.41, 5.74) is 0. The van der Waals surface area contributed by atoms with Crippen LogP contribution in [0.15, 0.2) is 18.5 Å². The molecule has 2 aromatic heterocycles. The Bertz CT molecular complexity index is 521. The second kappa shape index (κ2) is 5.64. The normalized spacial score (nSPS) is 12.5. The summed E-state index contributed by atoms with van der Waals surface area (Å²) in [4.78, 5) is 12.9. The number of nitrogens with one attached hydrogen (secondary N) is 2. The van der Waals surface area contributed by atoms with E-state index in [4.69, 9.17) is 0 Å². The molecule has 2 aromatic rings. The highest BCUT2D eigenvalue weighted by Gasteiger charge is 2.12. The van der Waals surface area contributed by atoms with Crippen LogP contribution in [0, 0.1) is 5.92 Å². The van der Waals surface area contributed by atoms with Crippen molar-refractivity contribution in [1.29, 1.82) is 0 Å². The Balaban J connectivity index is 2.31. The van der Waals surface area contributed by atoms with Crippen molar-refractivity contribution >= 4 is 11.9 Å². The summed E-state index contributed by atoms with van der Waals surface area (Å²) in [6.07, 6.45) is 3.48. The van der Waals surface area contributed by atoms with Gasteiger partial charge in [-0.15, -0.1) is 0 Å². The summed E-state index contributed by atoms with van der Waals surface area (Å²) in [6.45, 7) is 6.39. The Hall–Kier alpha value is -2.18. The molecule has 2 heterocycles. The van der Waals surface area contributed by atoms with E-state index in [9.17, 15) is 0 Å². The van der Waals surface area contributed by atoms with Crippen LogP contribution in [0.1, 0.15) is 20.8 Å². The Morgan fingerprint density at radius 3 is 2.42 bits per heavy atom. The summed E-state index contributed by atoms with van der Waals surface area (Å²) < 4.78 is 1.60. The molecule has 0 aliphatic heterocycles. The number of hydrogen-bond donors (Lipinski definition) is 2. The number of hydrogen-bond acceptors (Lipinski definition) is 6. The van der Waals surface area contributed by atoms with Gasteiger partial charge in [0.2, 0.25) is 11.9 Å². The summed E-state index contributed by atoms with van der Waals surface area (Å²) in [5, 5.41) is 10.3. The summed E-state index contributed by atoms with van der Waals surface area (Å²) >= 11 is 0. The molecule has 0 spiro atoms. The number of aromatic nitrogens is 5. The van der Waals surface area contributed by atoms with Gasteiger partial charge in [-0.2, -0.15) is 20.1 Å². The molecule has 1 atom stereocenters. The average molecular weight is 261 g/mol. The first kappa shape index (κ1) is 13.3. The lowest BCUT2D eigenvalue weighted by Crippen LogP contribution is -2.23. The minimum atomic E-state index is 0.276. The number of rotatable bonds is 5. The lowest BCUT2D eigenvalue weighted by atomic mass is 10.1. The molecule has 0 saturated heterocycles. The highest BCUT2D eigenvalue weighted by atomic mass is 15.4. The average Bonchev–Trinajstić information content (AvgIpc) is 2.92. The Morgan fingerprint density at radius 1 is 1.11 bits per heavy atom. The maximum absolute atomic E-state index is 4.37. The van der Waals surface area contributed by atoms with Gasteiger partial charge in [-0.3, -0.25) is 0 Å². The minimum absolute atomic E-state index is 0.276. The number of anilines is 2. The maximum Gasteiger partial charge on any atom is 0.257 e. The van der Waals surface area contributed by atoms with E-state index in [2.05, 4.69) is 51.5 Å². The van der Waals surface area contributed by atoms with Crippen molar-refractivity contribution in [2.75, 3.05) is 17.7 Å². The Kier molecular flexibility index (Phi) is 3.94. The Labute approximate surface area is 112 Å². The van der Waals surface area contributed by atoms with E-state index < -0.39 is 0 Å². The van der Waals surface area contributed by atoms with Crippen molar-refractivity contribution in [3.05, 3.63) is 18.5 Å². The largest absolute Gasteiger partial charge is 0.357 e. The van der Waals surface area contributed by atoms with Gasteiger partial charge in [0, 0.05) is 25.5 Å². The van der Waals surface area contributed by atoms with Crippen LogP contribution in [-0.2, 0) is 0 Å². The molecule has 0 saturated carbocycles. The number of nitrogens with zero attached hydrogens (tertiary/aromatic N) is 5. The van der Waals surface area contributed by atoms with Crippen molar-refractivity contribution in [2.24, 2.45) is 5.92 Å². The zero-order valence-corrected chi connectivity index (χ0v) is 11.6. The molecule has 1 unspecified atom stereocenters. The van der Waals surface area contributed by atoms with Gasteiger partial charge in [-0.25, -0.2) is 4.68 Å². The van der Waals surface area contributed by atoms with E-state index in [1.54, 1.807) is 24.1 Å². The molecule has 0 amide bonds. The molecule has 102 valence electrons. The molecule has 0 radical (unpaired) electrons. The van der Waals surface area contributed by atoms with E-state index in [1.807, 2.05) is 6.07 Å². The highest BCUT2D eigenvalue weighted by molar-refractivity contribution is 5.37. The van der Waals surface area contributed by atoms with E-state index in [0.717, 1.165) is 0 Å². The topological polar surface area (TPSA) is 80.5 Å². The van der Waals surface area contributed by atoms with Crippen LogP contribution in [0.3, 0.4) is 0 Å². The van der Waals surface area contributed by atoms with E-state index in [0.29, 0.717) is 23.8 Å². The van der Waals surface area contributed by atoms with Crippen LogP contribution in [0.4, 0.5) is 11.9 Å². The SMILES string of the molecule is CNc1nc(NC(C)C(C)C)nc(-n2cccn2)n1. The molecule has 0 aliphatic rings. The van der Waals surface area contributed by atoms with Crippen LogP contribution in [0.5, 0.6) is 0 Å². The predicted octanol–water partition coefficient (Wildman–Crippen LogP) is 1.56. The lowest BCUT2D eigenvalue weighted by molar-refractivity contribution is 0.555. The first-order valence-electron chi connectivity index (χ1n) is 6.30. The third-order valence-electron chi connectivity index (χ3n) is 2.91. The first-order chi connectivity index (χ1) is 9.10. The van der Waals surface area contributed by atoms with Crippen molar-refractivity contribution in [3.8, 4) is 5.95 Å². The summed E-state index contributed by atoms with van der Waals surface area (Å²) in [7, 11) is 1.78. The molecular formula is C12H19N7. The quantitative estimate of drug-likeness (QED) is 0.850. The monoisotopic (exact) mass is 261 g/mol. The molecule has 0 aromatic carbocycles. The molecule has 7 heteroatoms. The fraction of sp³-hybridized carbons (Fsp3) is 0.500. The highest BCUT2D eigenvalue weighted by Crippen LogP contribution is 2.11. The zero-order valence-electron chi connectivity index (χ0n) is 11.6. The van der Waals surface area contributed by atoms with Crippen molar-refractivity contribution < 1.29 is 0 Å². The van der Waals surface area contributed by atoms with Gasteiger partial charge in [0.15, 0.2) is 0 Å². The molecule has 19 heavy (non-hydrogen) atoms. The summed E-state index contributed by atoms with van der Waals surface area (Å²) in [5.74, 6) is 2.04. The third kappa shape index (κ3) is 3.18. The second-order valence-corrected chi connectivity index (χ2v) is 4.66. The van der Waals surface area contributed by atoms with Crippen LogP contribution in [0.2, 0.25) is 0 Å². The molecular weight excluding hydrogens is 242 g/mol. The van der Waals surface area contributed by atoms with E-state index in [1.165, 1.54) is 0 Å². The molecule has 2 N–H and O–H groups in total. The van der Waals surface area contributed by atoms with Gasteiger partial charge in [-0.05, 0) is 18.9 Å². The molecule has 7 nitrogen and oxygen atoms in total. The van der Waals surface area contributed by atoms with E-state index in [-0.39, 0.29) is 6.04 Å². The molecule has 0 fully saturated rings. The standard InChI is InChI=1S/C12H19N7/c1-8(2)9(3)15-11-16-10(13-4)17-12(18-11)19-7-5-6-14-19/h5-9H,1-4H3,(H2,13,15,16,17,18). The Morgan fingerprint density at radius 2 is 1.84 bits per heavy atom. The van der Waals surface area contributed by atoms with Crippen LogP contribution in [-0.4, -0.2) is 37.8 Å². The van der Waals surface area contributed by atoms with Crippen LogP contribution >= 0.6 is 0 Å². The smallest absolute Gasteiger partial charge is 0.257 e. The van der Waals surface area contributed by atoms with E-state index >= 15 is 0 Å². The molecule has 2 rings (SSSR count). The van der Waals surface area contributed by atoms with Crippen molar-refractivity contribution in [2.45, 2.75) is 26.8 Å². The van der Waals surface area contributed by atoms with Crippen molar-refractivity contribution in [1.82, 2.24) is 24.7 Å². The fourth-order valence-electron chi connectivity index (χ4n) is 1.40. The summed E-state index contributed by atoms with van der Waals surface area (Å²) in [6, 6.07) is 2.10. The minimum Gasteiger partial charge on any atom is -0.357 e. The van der Waals surface area contributed by atoms with Crippen molar-refractivity contribution in [3.63, 3.8) is 0 Å². The lowest BCUT2D eigenvalue weighted by Gasteiger charge is -2.17. The van der Waals surface area contributed by atoms with Gasteiger partial charge >= 0.3 is 0 Å². The van der Waals surface area contributed by atoms with Crippen LogP contribution in [0.25, 0.3) is 5.95 Å². The van der Waals surface area contributed by atoms with Gasteiger partial charge in [0.1, 0.15) is 0 Å². The van der Waals surface area contributed by atoms with Gasteiger partial charge in [-0.1, -0.05) is 13.8 Å². The zero-order chi connectivity index (χ0) is 13.8.